The van der Waals surface area contributed by atoms with Crippen LogP contribution in [0.1, 0.15) is 140 Å². The molecule has 1 aliphatic rings. The standard InChI is InChI=1S/C69H100N14O17S2/c1-15-41(6)56(52(98-12)34-53(85)82-31-20-24-50(82)57(99-13)42(7)58(86)77-48(61-71-30-32-101-61)33-44-21-17-16-18-22-44)81(11)62(89)54(39(2)3)79-65(93)69(9,10)80-68(95)100-38-45-25-27-47(28-26-45)83(51(64(91)92)23-19-29-72-66(70)94)63(90)55(40(4)5)78-60(88)49(76-43(8)84)37-73-59(87)46-35-74-67(75-36-46)102(14,96)97/h16-18,21-22,25-28,30,32,35-36,39-42,48-52,54-57H,15,19-20,23-24,29,31,33-34,37-38H2,1-14H3,(H,73,87)(H,76,84)(H,77,86)(H,78,88)(H,79,93)(H,80,95)(H,91,92)(H3,70,72,94)/t41-,42+,48-,49-,50-,51-,52+,54-,55-,56-,57+/m0/s1. The van der Waals surface area contributed by atoms with Gasteiger partial charge in [0.2, 0.25) is 50.4 Å². The van der Waals surface area contributed by atoms with Crippen molar-refractivity contribution in [2.24, 2.45) is 29.4 Å². The number of carbonyl (C=O) groups excluding carboxylic acids is 10. The molecule has 0 spiro atoms. The second-order valence-electron chi connectivity index (χ2n) is 26.6. The second kappa shape index (κ2) is 38.7. The third kappa shape index (κ3) is 23.7. The van der Waals surface area contributed by atoms with E-state index in [4.69, 9.17) is 19.9 Å². The molecule has 10 N–H and O–H groups in total. The third-order valence-electron chi connectivity index (χ3n) is 17.8. The predicted octanol–water partition coefficient (Wildman–Crippen LogP) is 3.81. The molecule has 0 radical (unpaired) electrons. The van der Waals surface area contributed by atoms with Gasteiger partial charge < -0.3 is 72.1 Å². The Morgan fingerprint density at radius 3 is 2.00 bits per heavy atom. The molecular weight excluding hydrogens is 1360 g/mol. The average Bonchev–Trinajstić information content (AvgIpc) is 1.14. The van der Waals surface area contributed by atoms with Crippen molar-refractivity contribution in [2.45, 2.75) is 186 Å². The lowest BCUT2D eigenvalue weighted by molar-refractivity contribution is -0.148. The van der Waals surface area contributed by atoms with Crippen molar-refractivity contribution in [3.05, 3.63) is 100 Å². The molecule has 102 heavy (non-hydrogen) atoms. The van der Waals surface area contributed by atoms with Gasteiger partial charge in [-0.2, -0.15) is 0 Å². The number of carboxylic acid groups (broad SMARTS) is 1. The predicted molar refractivity (Wildman–Crippen MR) is 377 cm³/mol. The quantitative estimate of drug-likeness (QED) is 0.0227. The highest BCUT2D eigenvalue weighted by atomic mass is 32.2. The molecule has 31 nitrogen and oxygen atoms in total. The second-order valence-corrected chi connectivity index (χ2v) is 29.4. The lowest BCUT2D eigenvalue weighted by Gasteiger charge is -2.41. The van der Waals surface area contributed by atoms with E-state index in [0.29, 0.717) is 37.8 Å². The summed E-state index contributed by atoms with van der Waals surface area (Å²) in [7, 11) is 0.819. The lowest BCUT2D eigenvalue weighted by Crippen LogP contribution is -2.62. The Bertz CT molecular complexity index is 3630. The zero-order valence-electron chi connectivity index (χ0n) is 60.3. The van der Waals surface area contributed by atoms with Gasteiger partial charge in [-0.15, -0.1) is 11.3 Å². The number of carbonyl (C=O) groups is 11. The number of anilines is 1. The van der Waals surface area contributed by atoms with Crippen molar-refractivity contribution in [2.75, 3.05) is 52.1 Å². The number of ether oxygens (including phenoxy) is 3. The van der Waals surface area contributed by atoms with E-state index in [1.54, 1.807) is 52.8 Å². The number of likely N-dealkylation sites (N-methyl/N-ethyl adjacent to an activating group) is 1. The number of aliphatic carboxylic acids is 1. The Kier molecular flexibility index (Phi) is 31.7. The molecule has 33 heteroatoms. The van der Waals surface area contributed by atoms with Crippen molar-refractivity contribution < 1.29 is 80.5 Å². The van der Waals surface area contributed by atoms with E-state index in [1.165, 1.54) is 68.6 Å². The first-order valence-electron chi connectivity index (χ1n) is 33.7. The summed E-state index contributed by atoms with van der Waals surface area (Å²) in [5.74, 6) is -8.71. The summed E-state index contributed by atoms with van der Waals surface area (Å²) < 4.78 is 41.4. The average molecular weight is 1460 g/mol. The highest BCUT2D eigenvalue weighted by Crippen LogP contribution is 2.32. The molecule has 3 heterocycles. The van der Waals surface area contributed by atoms with Gasteiger partial charge in [0.05, 0.1) is 48.2 Å². The first kappa shape index (κ1) is 83.5. The minimum atomic E-state index is -3.80. The molecule has 0 unspecified atom stereocenters. The zero-order chi connectivity index (χ0) is 75.9. The van der Waals surface area contributed by atoms with Crippen molar-refractivity contribution in [1.29, 1.82) is 0 Å². The molecule has 0 bridgehead atoms. The van der Waals surface area contributed by atoms with Crippen LogP contribution in [-0.4, -0.2) is 205 Å². The summed E-state index contributed by atoms with van der Waals surface area (Å²) in [6.07, 6.45) is 4.00. The number of amides is 11. The van der Waals surface area contributed by atoms with E-state index in [2.05, 4.69) is 52.2 Å². The number of primary amides is 1. The van der Waals surface area contributed by atoms with Gasteiger partial charge in [0.1, 0.15) is 41.3 Å². The van der Waals surface area contributed by atoms with Crippen molar-refractivity contribution in [3.8, 4) is 0 Å². The van der Waals surface area contributed by atoms with Crippen LogP contribution in [0.4, 0.5) is 15.3 Å². The van der Waals surface area contributed by atoms with E-state index in [-0.39, 0.29) is 54.8 Å². The van der Waals surface area contributed by atoms with Crippen LogP contribution >= 0.6 is 11.3 Å². The number of nitrogens with one attached hydrogen (secondary N) is 7. The van der Waals surface area contributed by atoms with Crippen LogP contribution in [0.3, 0.4) is 0 Å². The Labute approximate surface area is 599 Å². The van der Waals surface area contributed by atoms with E-state index < -0.39 is 159 Å². The van der Waals surface area contributed by atoms with Gasteiger partial charge in [0.15, 0.2) is 0 Å². The Morgan fingerprint density at radius 1 is 0.814 bits per heavy atom. The maximum atomic E-state index is 14.9. The van der Waals surface area contributed by atoms with Crippen LogP contribution in [0, 0.1) is 23.7 Å². The van der Waals surface area contributed by atoms with Gasteiger partial charge in [-0.05, 0) is 87.0 Å². The van der Waals surface area contributed by atoms with Crippen molar-refractivity contribution >= 4 is 92.2 Å². The zero-order valence-corrected chi connectivity index (χ0v) is 62.0. The molecule has 2 aromatic carbocycles. The van der Waals surface area contributed by atoms with Gasteiger partial charge in [-0.1, -0.05) is 97.4 Å². The number of nitrogens with two attached hydrogens (primary N) is 1. The van der Waals surface area contributed by atoms with E-state index in [9.17, 15) is 66.3 Å². The largest absolute Gasteiger partial charge is 0.480 e. The number of thiazole rings is 1. The van der Waals surface area contributed by atoms with Gasteiger partial charge in [0, 0.05) is 83.7 Å². The molecule has 11 atom stereocenters. The minimum Gasteiger partial charge on any atom is -0.480 e. The van der Waals surface area contributed by atoms with E-state index in [0.717, 1.165) is 41.0 Å². The molecule has 2 aromatic heterocycles. The molecule has 4 aromatic rings. The topological polar surface area (TPSA) is 428 Å². The summed E-state index contributed by atoms with van der Waals surface area (Å²) in [5.41, 5.74) is 4.74. The number of rotatable bonds is 38. The number of likely N-dealkylation sites (tertiary alicyclic amines) is 1. The fourth-order valence-electron chi connectivity index (χ4n) is 12.0. The third-order valence-corrected chi connectivity index (χ3v) is 19.6. The molecule has 1 saturated heterocycles. The fourth-order valence-corrected chi connectivity index (χ4v) is 13.2. The van der Waals surface area contributed by atoms with Crippen LogP contribution in [0.2, 0.25) is 0 Å². The van der Waals surface area contributed by atoms with Crippen LogP contribution in [0.15, 0.2) is 83.7 Å². The monoisotopic (exact) mass is 1460 g/mol. The number of urea groups is 1. The SMILES string of the molecule is CC[C@H](C)[C@@H]([C@@H](CC(=O)N1CCC[C@H]1[C@H](OC)[C@@H](C)C(=O)N[C@@H](Cc1ccccc1)c1nccs1)OC)N(C)C(=O)[C@@H](NC(=O)C(C)(C)NC(=O)OCc1ccc(N(C(=O)[C@@H](NC(=O)[C@H](CNC(=O)c2cnc(S(C)(=O)=O)nc2)NC(C)=O)C(C)C)[C@@H](CCCNC(N)=O)C(=O)O)cc1)C(C)C. The molecule has 560 valence electrons. The molecule has 0 aliphatic carbocycles. The van der Waals surface area contributed by atoms with Crippen molar-refractivity contribution in [1.82, 2.24) is 62.0 Å². The summed E-state index contributed by atoms with van der Waals surface area (Å²) in [6.45, 7) is 15.7. The first-order valence-corrected chi connectivity index (χ1v) is 36.5. The Morgan fingerprint density at radius 2 is 1.45 bits per heavy atom. The molecule has 5 rings (SSSR count). The number of hydrogen-bond donors (Lipinski definition) is 9. The maximum absolute atomic E-state index is 14.9. The number of methoxy groups -OCH3 is 2. The molecular formula is C69H100N14O17S2. The Balaban J connectivity index is 1.26. The van der Waals surface area contributed by atoms with Crippen molar-refractivity contribution in [3.63, 3.8) is 0 Å². The number of carboxylic acids is 1. The van der Waals surface area contributed by atoms with Gasteiger partial charge >= 0.3 is 18.1 Å². The van der Waals surface area contributed by atoms with Crippen LogP contribution in [-0.2, 0) is 75.4 Å². The Hall–Kier alpha value is -9.21. The number of benzene rings is 2. The number of sulfone groups is 1. The van der Waals surface area contributed by atoms with Crippen LogP contribution in [0.5, 0.6) is 0 Å². The van der Waals surface area contributed by atoms with Crippen LogP contribution in [0.25, 0.3) is 0 Å². The fraction of sp³-hybridized carbons (Fsp3) is 0.565. The molecule has 11 amide bonds. The molecule has 1 fully saturated rings. The van der Waals surface area contributed by atoms with Gasteiger partial charge in [-0.3, -0.25) is 43.3 Å². The normalized spacial score (nSPS) is 16.1. The van der Waals surface area contributed by atoms with E-state index in [1.807, 2.05) is 49.6 Å². The van der Waals surface area contributed by atoms with Crippen LogP contribution < -0.4 is 47.9 Å². The maximum Gasteiger partial charge on any atom is 0.408 e. The summed E-state index contributed by atoms with van der Waals surface area (Å²) in [5, 5.41) is 31.2. The summed E-state index contributed by atoms with van der Waals surface area (Å²) in [4.78, 5) is 166. The van der Waals surface area contributed by atoms with Gasteiger partial charge in [0.25, 0.3) is 11.8 Å². The smallest absolute Gasteiger partial charge is 0.408 e. The number of nitrogens with zero attached hydrogens (tertiary/aromatic N) is 6. The number of hydrogen-bond acceptors (Lipinski definition) is 20. The lowest BCUT2D eigenvalue weighted by atomic mass is 9.89. The summed E-state index contributed by atoms with van der Waals surface area (Å²) in [6, 6.07) is 7.32. The first-order chi connectivity index (χ1) is 48.0. The highest BCUT2D eigenvalue weighted by Gasteiger charge is 2.45. The number of alkyl carbamates (subject to hydrolysis) is 1. The molecule has 0 saturated carbocycles. The molecule has 1 aliphatic heterocycles. The highest BCUT2D eigenvalue weighted by molar-refractivity contribution is 7.90. The summed E-state index contributed by atoms with van der Waals surface area (Å²) >= 11 is 1.45. The minimum absolute atomic E-state index is 0.00940. The number of aromatic nitrogens is 3. The van der Waals surface area contributed by atoms with E-state index >= 15 is 0 Å². The van der Waals surface area contributed by atoms with Gasteiger partial charge in [-0.25, -0.2) is 37.8 Å².